The Hall–Kier alpha value is -1.87. The summed E-state index contributed by atoms with van der Waals surface area (Å²) < 4.78 is 22.4. The van der Waals surface area contributed by atoms with Gasteiger partial charge in [0.2, 0.25) is 11.8 Å². The molecule has 0 aliphatic carbocycles. The SMILES string of the molecule is CC(=O)NC1C(OCC(=O)NCCOC(C)(C)CCOC(C)(C)CCC(=O)O)OC(CO)C(O)C1O. The van der Waals surface area contributed by atoms with Crippen molar-refractivity contribution in [3.8, 4) is 0 Å². The van der Waals surface area contributed by atoms with Crippen molar-refractivity contribution in [3.63, 3.8) is 0 Å². The van der Waals surface area contributed by atoms with Gasteiger partial charge in [0.1, 0.15) is 31.0 Å². The highest BCUT2D eigenvalue weighted by Gasteiger charge is 2.45. The summed E-state index contributed by atoms with van der Waals surface area (Å²) in [4.78, 5) is 34.3. The summed E-state index contributed by atoms with van der Waals surface area (Å²) in [5.74, 6) is -1.86. The van der Waals surface area contributed by atoms with Gasteiger partial charge in [0.25, 0.3) is 0 Å². The first kappa shape index (κ1) is 32.2. The lowest BCUT2D eigenvalue weighted by atomic mass is 9.97. The maximum Gasteiger partial charge on any atom is 0.303 e. The fourth-order valence-corrected chi connectivity index (χ4v) is 3.46. The zero-order chi connectivity index (χ0) is 27.5. The van der Waals surface area contributed by atoms with Gasteiger partial charge in [-0.1, -0.05) is 0 Å². The second-order valence-electron chi connectivity index (χ2n) is 9.95. The lowest BCUT2D eigenvalue weighted by molar-refractivity contribution is -0.268. The number of carbonyl (C=O) groups is 3. The molecule has 210 valence electrons. The molecule has 0 spiro atoms. The average molecular weight is 523 g/mol. The molecule has 5 unspecified atom stereocenters. The second-order valence-corrected chi connectivity index (χ2v) is 9.95. The Balaban J connectivity index is 2.38. The fraction of sp³-hybridized carbons (Fsp3) is 0.870. The summed E-state index contributed by atoms with van der Waals surface area (Å²) in [6.45, 7) is 8.40. The van der Waals surface area contributed by atoms with Crippen LogP contribution in [0.4, 0.5) is 0 Å². The lowest BCUT2D eigenvalue weighted by Gasteiger charge is -2.42. The molecule has 36 heavy (non-hydrogen) atoms. The number of ether oxygens (including phenoxy) is 4. The van der Waals surface area contributed by atoms with Crippen LogP contribution in [0.2, 0.25) is 0 Å². The summed E-state index contributed by atoms with van der Waals surface area (Å²) in [6.07, 6.45) is -4.32. The van der Waals surface area contributed by atoms with Crippen molar-refractivity contribution in [3.05, 3.63) is 0 Å². The lowest BCUT2D eigenvalue weighted by Crippen LogP contribution is -2.64. The fourth-order valence-electron chi connectivity index (χ4n) is 3.46. The molecular formula is C23H42N2O11. The quantitative estimate of drug-likeness (QED) is 0.135. The molecule has 6 N–H and O–H groups in total. The third-order valence-electron chi connectivity index (χ3n) is 5.68. The molecule has 0 aromatic rings. The molecule has 1 aliphatic rings. The number of carboxylic acids is 1. The molecule has 1 aliphatic heterocycles. The first-order valence-corrected chi connectivity index (χ1v) is 11.9. The second kappa shape index (κ2) is 14.8. The van der Waals surface area contributed by atoms with Crippen LogP contribution in [0, 0.1) is 0 Å². The van der Waals surface area contributed by atoms with Crippen molar-refractivity contribution in [2.45, 2.75) is 95.7 Å². The van der Waals surface area contributed by atoms with E-state index in [0.29, 0.717) is 19.4 Å². The number of hydrogen-bond donors (Lipinski definition) is 6. The molecule has 2 amide bonds. The van der Waals surface area contributed by atoms with Gasteiger partial charge in [-0.25, -0.2) is 0 Å². The Labute approximate surface area is 211 Å². The Morgan fingerprint density at radius 1 is 0.972 bits per heavy atom. The summed E-state index contributed by atoms with van der Waals surface area (Å²) >= 11 is 0. The molecule has 13 nitrogen and oxygen atoms in total. The normalized spacial score (nSPS) is 24.8. The van der Waals surface area contributed by atoms with Gasteiger partial charge >= 0.3 is 5.97 Å². The van der Waals surface area contributed by atoms with Crippen molar-refractivity contribution >= 4 is 17.8 Å². The number of amides is 2. The van der Waals surface area contributed by atoms with E-state index in [4.69, 9.17) is 24.1 Å². The van der Waals surface area contributed by atoms with Crippen LogP contribution in [0.25, 0.3) is 0 Å². The van der Waals surface area contributed by atoms with E-state index in [0.717, 1.165) is 0 Å². The van der Waals surface area contributed by atoms with Crippen molar-refractivity contribution in [1.82, 2.24) is 10.6 Å². The van der Waals surface area contributed by atoms with Crippen molar-refractivity contribution in [2.24, 2.45) is 0 Å². The standard InChI is InChI=1S/C23H42N2O11/c1-14(27)25-18-20(32)19(31)15(12-26)36-21(18)33-13-16(28)24-9-11-35-23(4,5)8-10-34-22(2,3)7-6-17(29)30/h15,18-21,26,31-32H,6-13H2,1-5H3,(H,24,28)(H,25,27)(H,29,30). The Kier molecular flexibility index (Phi) is 13.2. The minimum absolute atomic E-state index is 0.0294. The Morgan fingerprint density at radius 2 is 1.58 bits per heavy atom. The van der Waals surface area contributed by atoms with Crippen LogP contribution in [0.3, 0.4) is 0 Å². The summed E-state index contributed by atoms with van der Waals surface area (Å²) in [6, 6.07) is -1.13. The Morgan fingerprint density at radius 3 is 2.17 bits per heavy atom. The van der Waals surface area contributed by atoms with E-state index >= 15 is 0 Å². The average Bonchev–Trinajstić information content (AvgIpc) is 2.77. The van der Waals surface area contributed by atoms with E-state index in [1.54, 1.807) is 0 Å². The molecule has 1 saturated heterocycles. The number of carbonyl (C=O) groups excluding carboxylic acids is 2. The maximum atomic E-state index is 12.2. The predicted molar refractivity (Wildman–Crippen MR) is 126 cm³/mol. The van der Waals surface area contributed by atoms with Crippen LogP contribution >= 0.6 is 0 Å². The van der Waals surface area contributed by atoms with Gasteiger partial charge in [-0.05, 0) is 40.5 Å². The van der Waals surface area contributed by atoms with Gasteiger partial charge in [-0.15, -0.1) is 0 Å². The first-order valence-electron chi connectivity index (χ1n) is 11.9. The third kappa shape index (κ3) is 11.9. The van der Waals surface area contributed by atoms with Crippen molar-refractivity contribution in [2.75, 3.05) is 33.0 Å². The van der Waals surface area contributed by atoms with Crippen LogP contribution in [0.5, 0.6) is 0 Å². The smallest absolute Gasteiger partial charge is 0.303 e. The summed E-state index contributed by atoms with van der Waals surface area (Å²) in [7, 11) is 0. The number of aliphatic hydroxyl groups is 3. The highest BCUT2D eigenvalue weighted by molar-refractivity contribution is 5.77. The van der Waals surface area contributed by atoms with Crippen molar-refractivity contribution < 1.29 is 53.8 Å². The molecule has 1 fully saturated rings. The molecule has 5 atom stereocenters. The van der Waals surface area contributed by atoms with Gasteiger partial charge in [0.15, 0.2) is 6.29 Å². The molecule has 13 heteroatoms. The number of aliphatic carboxylic acids is 1. The largest absolute Gasteiger partial charge is 0.481 e. The van der Waals surface area contributed by atoms with E-state index in [9.17, 15) is 29.7 Å². The third-order valence-corrected chi connectivity index (χ3v) is 5.68. The topological polar surface area (TPSA) is 193 Å². The number of nitrogens with one attached hydrogen (secondary N) is 2. The molecule has 1 rings (SSSR count). The van der Waals surface area contributed by atoms with E-state index in [1.807, 2.05) is 27.7 Å². The van der Waals surface area contributed by atoms with Crippen LogP contribution in [0.15, 0.2) is 0 Å². The van der Waals surface area contributed by atoms with Gasteiger partial charge in [-0.3, -0.25) is 14.4 Å². The first-order chi connectivity index (χ1) is 16.7. The predicted octanol–water partition coefficient (Wildman–Crippen LogP) is -1.09. The number of aliphatic hydroxyl groups excluding tert-OH is 3. The van der Waals surface area contributed by atoms with Crippen LogP contribution < -0.4 is 10.6 Å². The number of hydrogen-bond acceptors (Lipinski definition) is 10. The molecule has 0 aromatic heterocycles. The highest BCUT2D eigenvalue weighted by Crippen LogP contribution is 2.22. The zero-order valence-corrected chi connectivity index (χ0v) is 21.7. The zero-order valence-electron chi connectivity index (χ0n) is 21.7. The van der Waals surface area contributed by atoms with Gasteiger partial charge in [0.05, 0.1) is 31.0 Å². The van der Waals surface area contributed by atoms with Gasteiger partial charge < -0.3 is 50.0 Å². The van der Waals surface area contributed by atoms with Crippen LogP contribution in [-0.4, -0.2) is 113 Å². The highest BCUT2D eigenvalue weighted by atomic mass is 16.7. The van der Waals surface area contributed by atoms with E-state index < -0.39 is 72.8 Å². The van der Waals surface area contributed by atoms with Gasteiger partial charge in [-0.2, -0.15) is 0 Å². The van der Waals surface area contributed by atoms with E-state index in [-0.39, 0.29) is 19.6 Å². The van der Waals surface area contributed by atoms with E-state index in [1.165, 1.54) is 6.92 Å². The maximum absolute atomic E-state index is 12.2. The van der Waals surface area contributed by atoms with Gasteiger partial charge in [0, 0.05) is 19.9 Å². The van der Waals surface area contributed by atoms with Crippen LogP contribution in [-0.2, 0) is 33.3 Å². The molecule has 0 bridgehead atoms. The monoisotopic (exact) mass is 522 g/mol. The molecule has 0 radical (unpaired) electrons. The summed E-state index contributed by atoms with van der Waals surface area (Å²) in [5, 5.41) is 43.4. The van der Waals surface area contributed by atoms with Crippen molar-refractivity contribution in [1.29, 1.82) is 0 Å². The van der Waals surface area contributed by atoms with Crippen LogP contribution in [0.1, 0.15) is 53.9 Å². The number of rotatable bonds is 16. The molecule has 1 heterocycles. The number of carboxylic acid groups (broad SMARTS) is 1. The molecular weight excluding hydrogens is 480 g/mol. The summed E-state index contributed by atoms with van der Waals surface area (Å²) in [5.41, 5.74) is -1.10. The minimum atomic E-state index is -1.46. The molecule has 0 saturated carbocycles. The van der Waals surface area contributed by atoms with E-state index in [2.05, 4.69) is 10.6 Å². The molecule has 0 aromatic carbocycles. The Bertz CT molecular complexity index is 716. The minimum Gasteiger partial charge on any atom is -0.481 e.